The Morgan fingerprint density at radius 2 is 1.76 bits per heavy atom. The van der Waals surface area contributed by atoms with Crippen LogP contribution in [0.4, 0.5) is 0 Å². The Labute approximate surface area is 157 Å². The number of nitrogens with zero attached hydrogens (tertiary/aromatic N) is 1. The van der Waals surface area contributed by atoms with Gasteiger partial charge in [-0.15, -0.1) is 12.4 Å². The predicted molar refractivity (Wildman–Crippen MR) is 104 cm³/mol. The second-order valence-electron chi connectivity index (χ2n) is 6.31. The summed E-state index contributed by atoms with van der Waals surface area (Å²) in [5.74, 6) is -0.0410. The van der Waals surface area contributed by atoms with E-state index in [1.807, 2.05) is 0 Å². The number of carbonyl (C=O) groups excluding carboxylic acids is 1. The standard InChI is InChI=1S/C19H31N3O2.ClH/c1-3-22(4-2)14-17-7-5-16(6-8-17)13-21-19(23)15-24-18-9-11-20-12-10-18;/h5-8,18,20H,3-4,9-15H2,1-2H3,(H,21,23);1H. The fraction of sp³-hybridized carbons (Fsp3) is 0.632. The van der Waals surface area contributed by atoms with E-state index in [0.29, 0.717) is 6.54 Å². The topological polar surface area (TPSA) is 53.6 Å². The van der Waals surface area contributed by atoms with E-state index in [0.717, 1.165) is 51.1 Å². The molecule has 0 unspecified atom stereocenters. The van der Waals surface area contributed by atoms with Crippen LogP contribution in [0.3, 0.4) is 0 Å². The van der Waals surface area contributed by atoms with Gasteiger partial charge in [-0.3, -0.25) is 9.69 Å². The molecule has 1 amide bonds. The molecule has 2 N–H and O–H groups in total. The summed E-state index contributed by atoms with van der Waals surface area (Å²) in [4.78, 5) is 14.3. The van der Waals surface area contributed by atoms with Crippen LogP contribution in [0.25, 0.3) is 0 Å². The van der Waals surface area contributed by atoms with Crippen LogP contribution in [-0.4, -0.2) is 49.7 Å². The Kier molecular flexibility index (Phi) is 10.7. The van der Waals surface area contributed by atoms with Gasteiger partial charge >= 0.3 is 0 Å². The number of amides is 1. The van der Waals surface area contributed by atoms with Crippen molar-refractivity contribution in [1.82, 2.24) is 15.5 Å². The van der Waals surface area contributed by atoms with E-state index in [1.165, 1.54) is 5.56 Å². The van der Waals surface area contributed by atoms with E-state index in [4.69, 9.17) is 4.74 Å². The van der Waals surface area contributed by atoms with Crippen LogP contribution in [-0.2, 0) is 22.6 Å². The Morgan fingerprint density at radius 1 is 1.16 bits per heavy atom. The van der Waals surface area contributed by atoms with Crippen LogP contribution in [0.15, 0.2) is 24.3 Å². The van der Waals surface area contributed by atoms with Gasteiger partial charge in [0.2, 0.25) is 5.91 Å². The van der Waals surface area contributed by atoms with Gasteiger partial charge in [-0.2, -0.15) is 0 Å². The number of carbonyl (C=O) groups is 1. The number of piperidine rings is 1. The molecule has 1 aliphatic heterocycles. The molecule has 0 bridgehead atoms. The fourth-order valence-corrected chi connectivity index (χ4v) is 2.88. The fourth-order valence-electron chi connectivity index (χ4n) is 2.88. The first-order valence-electron chi connectivity index (χ1n) is 9.10. The van der Waals surface area contributed by atoms with Crippen molar-refractivity contribution in [1.29, 1.82) is 0 Å². The van der Waals surface area contributed by atoms with Gasteiger partial charge in [-0.05, 0) is 50.1 Å². The summed E-state index contributed by atoms with van der Waals surface area (Å²) in [6.07, 6.45) is 2.19. The Balaban J connectivity index is 0.00000312. The molecule has 5 nitrogen and oxygen atoms in total. The zero-order valence-corrected chi connectivity index (χ0v) is 16.2. The molecule has 1 saturated heterocycles. The highest BCUT2D eigenvalue weighted by Crippen LogP contribution is 2.08. The highest BCUT2D eigenvalue weighted by Gasteiger charge is 2.14. The van der Waals surface area contributed by atoms with Gasteiger partial charge < -0.3 is 15.4 Å². The number of nitrogens with one attached hydrogen (secondary N) is 2. The number of benzene rings is 1. The largest absolute Gasteiger partial charge is 0.368 e. The third kappa shape index (κ3) is 8.19. The number of rotatable bonds is 9. The molecule has 1 aliphatic rings. The van der Waals surface area contributed by atoms with Crippen molar-refractivity contribution < 1.29 is 9.53 Å². The van der Waals surface area contributed by atoms with Crippen molar-refractivity contribution in [2.24, 2.45) is 0 Å². The summed E-state index contributed by atoms with van der Waals surface area (Å²) in [5, 5.41) is 6.22. The minimum Gasteiger partial charge on any atom is -0.368 e. The number of ether oxygens (including phenoxy) is 1. The zero-order chi connectivity index (χ0) is 17.2. The minimum atomic E-state index is -0.0410. The Morgan fingerprint density at radius 3 is 2.36 bits per heavy atom. The maximum atomic E-state index is 11.9. The van der Waals surface area contributed by atoms with E-state index in [2.05, 4.69) is 53.6 Å². The average Bonchev–Trinajstić information content (AvgIpc) is 2.64. The van der Waals surface area contributed by atoms with Gasteiger partial charge in [0, 0.05) is 13.1 Å². The first-order valence-corrected chi connectivity index (χ1v) is 9.10. The van der Waals surface area contributed by atoms with Gasteiger partial charge in [0.25, 0.3) is 0 Å². The first-order chi connectivity index (χ1) is 11.7. The lowest BCUT2D eigenvalue weighted by Crippen LogP contribution is -2.35. The van der Waals surface area contributed by atoms with E-state index in [-0.39, 0.29) is 31.0 Å². The number of hydrogen-bond donors (Lipinski definition) is 2. The van der Waals surface area contributed by atoms with E-state index in [9.17, 15) is 4.79 Å². The van der Waals surface area contributed by atoms with Gasteiger partial charge in [0.1, 0.15) is 6.61 Å². The molecule has 2 rings (SSSR count). The van der Waals surface area contributed by atoms with Crippen LogP contribution in [0.1, 0.15) is 37.8 Å². The van der Waals surface area contributed by atoms with Crippen molar-refractivity contribution in [2.75, 3.05) is 32.8 Å². The minimum absolute atomic E-state index is 0. The molecular formula is C19H32ClN3O2. The van der Waals surface area contributed by atoms with Crippen molar-refractivity contribution in [3.05, 3.63) is 35.4 Å². The summed E-state index contributed by atoms with van der Waals surface area (Å²) in [7, 11) is 0. The lowest BCUT2D eigenvalue weighted by atomic mass is 10.1. The van der Waals surface area contributed by atoms with Crippen molar-refractivity contribution in [3.8, 4) is 0 Å². The van der Waals surface area contributed by atoms with Crippen LogP contribution < -0.4 is 10.6 Å². The molecule has 1 aromatic rings. The smallest absolute Gasteiger partial charge is 0.246 e. The molecular weight excluding hydrogens is 338 g/mol. The highest BCUT2D eigenvalue weighted by molar-refractivity contribution is 5.85. The molecule has 142 valence electrons. The quantitative estimate of drug-likeness (QED) is 0.701. The molecule has 25 heavy (non-hydrogen) atoms. The second-order valence-corrected chi connectivity index (χ2v) is 6.31. The third-order valence-corrected chi connectivity index (χ3v) is 4.55. The van der Waals surface area contributed by atoms with Gasteiger partial charge in [0.15, 0.2) is 0 Å². The summed E-state index contributed by atoms with van der Waals surface area (Å²) in [5.41, 5.74) is 2.43. The lowest BCUT2D eigenvalue weighted by Gasteiger charge is -2.22. The average molecular weight is 370 g/mol. The third-order valence-electron chi connectivity index (χ3n) is 4.55. The summed E-state index contributed by atoms with van der Waals surface area (Å²) in [6, 6.07) is 8.47. The Bertz CT molecular complexity index is 486. The van der Waals surface area contributed by atoms with Crippen LogP contribution in [0, 0.1) is 0 Å². The molecule has 0 saturated carbocycles. The maximum Gasteiger partial charge on any atom is 0.246 e. The van der Waals surface area contributed by atoms with Gasteiger partial charge in [-0.25, -0.2) is 0 Å². The highest BCUT2D eigenvalue weighted by atomic mass is 35.5. The van der Waals surface area contributed by atoms with E-state index in [1.54, 1.807) is 0 Å². The summed E-state index contributed by atoms with van der Waals surface area (Å²) >= 11 is 0. The monoisotopic (exact) mass is 369 g/mol. The lowest BCUT2D eigenvalue weighted by molar-refractivity contribution is -0.128. The molecule has 1 heterocycles. The van der Waals surface area contributed by atoms with Crippen LogP contribution in [0.5, 0.6) is 0 Å². The van der Waals surface area contributed by atoms with Crippen molar-refractivity contribution in [3.63, 3.8) is 0 Å². The number of halogens is 1. The maximum absolute atomic E-state index is 11.9. The van der Waals surface area contributed by atoms with E-state index >= 15 is 0 Å². The second kappa shape index (κ2) is 12.3. The molecule has 1 fully saturated rings. The zero-order valence-electron chi connectivity index (χ0n) is 15.4. The van der Waals surface area contributed by atoms with Gasteiger partial charge in [0.05, 0.1) is 6.10 Å². The normalized spacial score (nSPS) is 15.0. The van der Waals surface area contributed by atoms with Gasteiger partial charge in [-0.1, -0.05) is 38.1 Å². The van der Waals surface area contributed by atoms with E-state index < -0.39 is 0 Å². The van der Waals surface area contributed by atoms with Crippen molar-refractivity contribution >= 4 is 18.3 Å². The molecule has 0 aromatic heterocycles. The molecule has 0 spiro atoms. The van der Waals surface area contributed by atoms with Crippen molar-refractivity contribution in [2.45, 2.75) is 45.9 Å². The molecule has 6 heteroatoms. The molecule has 0 aliphatic carbocycles. The SMILES string of the molecule is CCN(CC)Cc1ccc(CNC(=O)COC2CCNCC2)cc1.Cl. The summed E-state index contributed by atoms with van der Waals surface area (Å²) < 4.78 is 5.66. The summed E-state index contributed by atoms with van der Waals surface area (Å²) in [6.45, 7) is 10.1. The Hall–Kier alpha value is -1.14. The van der Waals surface area contributed by atoms with Crippen LogP contribution >= 0.6 is 12.4 Å². The number of hydrogen-bond acceptors (Lipinski definition) is 4. The molecule has 1 aromatic carbocycles. The molecule has 0 radical (unpaired) electrons. The predicted octanol–water partition coefficient (Wildman–Crippen LogP) is 2.34. The molecule has 0 atom stereocenters. The first kappa shape index (κ1) is 21.9. The van der Waals surface area contributed by atoms with Crippen LogP contribution in [0.2, 0.25) is 0 Å².